The van der Waals surface area contributed by atoms with Gasteiger partial charge >= 0.3 is 72.9 Å². The number of carbonyl (C=O) groups is 6. The summed E-state index contributed by atoms with van der Waals surface area (Å²) < 4.78 is 283. The number of rotatable bonds is 14. The summed E-state index contributed by atoms with van der Waals surface area (Å²) in [6.45, 7) is -7.50. The lowest BCUT2D eigenvalue weighted by Crippen LogP contribution is -2.64. The fourth-order valence-corrected chi connectivity index (χ4v) is 5.12. The van der Waals surface area contributed by atoms with Gasteiger partial charge in [0.1, 0.15) is 12.7 Å². The zero-order valence-electron chi connectivity index (χ0n) is 30.8. The number of esters is 6. The first kappa shape index (κ1) is 54.0. The van der Waals surface area contributed by atoms with Crippen LogP contribution in [0.15, 0.2) is 30.3 Å². The number of ether oxygens (including phenoxy) is 10. The van der Waals surface area contributed by atoms with Crippen LogP contribution in [-0.2, 0) is 82.6 Å². The maximum absolute atomic E-state index is 13.5. The van der Waals surface area contributed by atoms with E-state index in [1.54, 1.807) is 0 Å². The third kappa shape index (κ3) is 14.8. The Morgan fingerprint density at radius 3 is 1.46 bits per heavy atom. The Morgan fingerprint density at radius 1 is 0.538 bits per heavy atom. The number of benzene rings is 1. The van der Waals surface area contributed by atoms with Crippen molar-refractivity contribution in [3.63, 3.8) is 0 Å². The molecule has 2 fully saturated rings. The van der Waals surface area contributed by atoms with Crippen LogP contribution in [0.25, 0.3) is 0 Å². The van der Waals surface area contributed by atoms with E-state index < -0.39 is 148 Å². The van der Waals surface area contributed by atoms with Gasteiger partial charge in [-0.2, -0.15) is 79.0 Å². The molecule has 0 spiro atoms. The van der Waals surface area contributed by atoms with E-state index in [-0.39, 0.29) is 12.0 Å². The Kier molecular flexibility index (Phi) is 16.6. The highest BCUT2D eigenvalue weighted by Crippen LogP contribution is 2.39. The third-order valence-corrected chi connectivity index (χ3v) is 7.88. The first-order chi connectivity index (χ1) is 29.5. The van der Waals surface area contributed by atoms with Crippen molar-refractivity contribution >= 4 is 35.8 Å². The molecule has 0 radical (unpaired) electrons. The summed E-state index contributed by atoms with van der Waals surface area (Å²) in [7, 11) is 0. The second kappa shape index (κ2) is 20.0. The lowest BCUT2D eigenvalue weighted by molar-refractivity contribution is -0.326. The molecule has 2 aliphatic rings. The molecule has 2 heterocycles. The number of hydrogen-bond donors (Lipinski definition) is 0. The second-order valence-electron chi connectivity index (χ2n) is 12.6. The van der Waals surface area contributed by atoms with Gasteiger partial charge in [-0.25, -0.2) is 28.8 Å². The average molecular weight is 992 g/mol. The highest BCUT2D eigenvalue weighted by molar-refractivity contribution is 5.79. The Balaban J connectivity index is 2.21. The number of alkyl halides is 18. The van der Waals surface area contributed by atoms with Gasteiger partial charge in [-0.3, -0.25) is 0 Å². The van der Waals surface area contributed by atoms with Crippen molar-refractivity contribution in [3.8, 4) is 0 Å². The average Bonchev–Trinajstić information content (AvgIpc) is 3.48. The molecule has 8 atom stereocenters. The molecular formula is C31H22F18O16. The van der Waals surface area contributed by atoms with Crippen molar-refractivity contribution < 1.29 is 155 Å². The van der Waals surface area contributed by atoms with Crippen molar-refractivity contribution in [1.29, 1.82) is 0 Å². The SMILES string of the molecule is O=C(OCC1(OC(=O)C(F)(F)F)CO[C@@H](OC[C@H]2O[C@@H](OCCc3ccccc3)[C@H](OC(=O)C(F)(F)F)[C@@H](OC(=O)C(F)(F)F)[C@@H]2OC(=O)C(F)(F)F)[C@@H]1OC(=O)C(F)(F)F)C(F)(F)F. The maximum Gasteiger partial charge on any atom is 0.490 e. The minimum atomic E-state index is -6.26. The summed E-state index contributed by atoms with van der Waals surface area (Å²) in [4.78, 5) is 71.2. The van der Waals surface area contributed by atoms with E-state index in [2.05, 4.69) is 33.2 Å². The molecular weight excluding hydrogens is 970 g/mol. The minimum absolute atomic E-state index is 0.275. The van der Waals surface area contributed by atoms with Crippen LogP contribution >= 0.6 is 0 Å². The molecule has 0 amide bonds. The van der Waals surface area contributed by atoms with Crippen LogP contribution in [0, 0.1) is 0 Å². The predicted octanol–water partition coefficient (Wildman–Crippen LogP) is 4.19. The molecule has 2 saturated heterocycles. The fourth-order valence-electron chi connectivity index (χ4n) is 5.12. The topological polar surface area (TPSA) is 195 Å². The smallest absolute Gasteiger partial charge is 0.455 e. The summed E-state index contributed by atoms with van der Waals surface area (Å²) in [6.07, 6.45) is -60.9. The van der Waals surface area contributed by atoms with Crippen LogP contribution in [0.3, 0.4) is 0 Å². The van der Waals surface area contributed by atoms with Crippen LogP contribution in [0.1, 0.15) is 5.56 Å². The number of carbonyl (C=O) groups excluding carboxylic acids is 6. The van der Waals surface area contributed by atoms with E-state index in [1.165, 1.54) is 30.3 Å². The standard InChI is InChI=1S/C31H22F18O16/c32-26(33,34)19(50)59-10-25(65-24(55)31(47,48)49)9-58-18(16(25)64-23(54)30(44,45)46)57-8-12-13(61-20(51)27(35,36)37)14(62-21(52)28(38,39)40)15(63-22(53)29(41,42)43)17(60-12)56-7-6-11-4-2-1-3-5-11/h1-5,12-18H,6-10H2/t12-,13-,14+,15-,16+,17-,18-,25?/m1/s1. The van der Waals surface area contributed by atoms with Gasteiger partial charge in [0, 0.05) is 0 Å². The molecule has 34 heteroatoms. The lowest BCUT2D eigenvalue weighted by Gasteiger charge is -2.44. The molecule has 368 valence electrons. The molecule has 1 aromatic rings. The van der Waals surface area contributed by atoms with Gasteiger partial charge in [-0.15, -0.1) is 0 Å². The van der Waals surface area contributed by atoms with Crippen molar-refractivity contribution in [2.75, 3.05) is 26.4 Å². The monoisotopic (exact) mass is 992 g/mol. The van der Waals surface area contributed by atoms with Gasteiger partial charge in [-0.1, -0.05) is 30.3 Å². The quantitative estimate of drug-likeness (QED) is 0.146. The number of hydrogen-bond acceptors (Lipinski definition) is 16. The number of halogens is 18. The van der Waals surface area contributed by atoms with E-state index in [1.807, 2.05) is 0 Å². The van der Waals surface area contributed by atoms with E-state index >= 15 is 0 Å². The van der Waals surface area contributed by atoms with Gasteiger partial charge in [-0.05, 0) is 12.0 Å². The zero-order chi connectivity index (χ0) is 49.7. The van der Waals surface area contributed by atoms with Crippen LogP contribution in [0.2, 0.25) is 0 Å². The molecule has 1 aromatic carbocycles. The highest BCUT2D eigenvalue weighted by Gasteiger charge is 2.64. The predicted molar refractivity (Wildman–Crippen MR) is 156 cm³/mol. The largest absolute Gasteiger partial charge is 0.490 e. The highest BCUT2D eigenvalue weighted by atomic mass is 19.4. The summed E-state index contributed by atoms with van der Waals surface area (Å²) in [6, 6.07) is 6.94. The van der Waals surface area contributed by atoms with Gasteiger partial charge in [0.15, 0.2) is 37.0 Å². The van der Waals surface area contributed by atoms with Crippen molar-refractivity contribution in [3.05, 3.63) is 35.9 Å². The van der Waals surface area contributed by atoms with E-state index in [0.717, 1.165) is 0 Å². The lowest BCUT2D eigenvalue weighted by atomic mass is 9.97. The second-order valence-corrected chi connectivity index (χ2v) is 12.6. The van der Waals surface area contributed by atoms with Crippen LogP contribution in [0.4, 0.5) is 79.0 Å². The molecule has 0 aliphatic carbocycles. The Morgan fingerprint density at radius 2 is 0.985 bits per heavy atom. The molecule has 3 rings (SSSR count). The van der Waals surface area contributed by atoms with Crippen molar-refractivity contribution in [2.24, 2.45) is 0 Å². The first-order valence-corrected chi connectivity index (χ1v) is 16.7. The van der Waals surface area contributed by atoms with E-state index in [9.17, 15) is 108 Å². The van der Waals surface area contributed by atoms with Crippen LogP contribution in [0.5, 0.6) is 0 Å². The fraction of sp³-hybridized carbons (Fsp3) is 0.613. The van der Waals surface area contributed by atoms with Crippen molar-refractivity contribution in [2.45, 2.75) is 92.2 Å². The van der Waals surface area contributed by atoms with Crippen LogP contribution < -0.4 is 0 Å². The third-order valence-electron chi connectivity index (χ3n) is 7.88. The van der Waals surface area contributed by atoms with Gasteiger partial charge in [0.05, 0.1) is 19.8 Å². The van der Waals surface area contributed by atoms with Crippen molar-refractivity contribution in [1.82, 2.24) is 0 Å². The molecule has 65 heavy (non-hydrogen) atoms. The van der Waals surface area contributed by atoms with Crippen LogP contribution in [-0.4, -0.2) is 148 Å². The Bertz CT molecular complexity index is 1860. The Labute approximate surface area is 346 Å². The molecule has 0 bridgehead atoms. The van der Waals surface area contributed by atoms with Gasteiger partial charge < -0.3 is 47.4 Å². The normalized spacial score (nSPS) is 25.5. The van der Waals surface area contributed by atoms with Gasteiger partial charge in [0.25, 0.3) is 0 Å². The molecule has 0 saturated carbocycles. The van der Waals surface area contributed by atoms with E-state index in [0.29, 0.717) is 0 Å². The maximum atomic E-state index is 13.5. The summed E-state index contributed by atoms with van der Waals surface area (Å²) in [5.74, 6) is -21.0. The molecule has 1 unspecified atom stereocenters. The zero-order valence-corrected chi connectivity index (χ0v) is 30.8. The summed E-state index contributed by atoms with van der Waals surface area (Å²) in [5.41, 5.74) is -3.73. The molecule has 0 N–H and O–H groups in total. The summed E-state index contributed by atoms with van der Waals surface area (Å²) >= 11 is 0. The summed E-state index contributed by atoms with van der Waals surface area (Å²) in [5, 5.41) is 0. The minimum Gasteiger partial charge on any atom is -0.455 e. The molecule has 0 aromatic heterocycles. The molecule has 2 aliphatic heterocycles. The van der Waals surface area contributed by atoms with E-state index in [4.69, 9.17) is 14.2 Å². The molecule has 16 nitrogen and oxygen atoms in total. The Hall–Kier alpha value is -5.38. The first-order valence-electron chi connectivity index (χ1n) is 16.7. The van der Waals surface area contributed by atoms with Gasteiger partial charge in [0.2, 0.25) is 5.60 Å².